The monoisotopic (exact) mass is 446 g/mol. The molecule has 10 heteroatoms. The first kappa shape index (κ1) is 20.9. The van der Waals surface area contributed by atoms with E-state index in [-0.39, 0.29) is 16.1 Å². The molecule has 0 saturated carbocycles. The summed E-state index contributed by atoms with van der Waals surface area (Å²) in [5.41, 5.74) is 1.51. The molecule has 3 heterocycles. The second-order valence-electron chi connectivity index (χ2n) is 6.83. The molecule has 1 atom stereocenters. The number of imidazole rings is 1. The van der Waals surface area contributed by atoms with Gasteiger partial charge >= 0.3 is 0 Å². The number of anilines is 1. The minimum absolute atomic E-state index is 0.184. The molecule has 158 valence electrons. The van der Waals surface area contributed by atoms with Crippen LogP contribution in [-0.2, 0) is 19.6 Å². The number of pyridine rings is 1. The number of hydrogen-bond acceptors (Lipinski definition) is 6. The van der Waals surface area contributed by atoms with Crippen LogP contribution in [0.3, 0.4) is 0 Å². The molecule has 30 heavy (non-hydrogen) atoms. The molecule has 1 fully saturated rings. The highest BCUT2D eigenvalue weighted by atomic mass is 32.2. The van der Waals surface area contributed by atoms with Crippen LogP contribution in [0.4, 0.5) is 5.69 Å². The highest BCUT2D eigenvalue weighted by molar-refractivity contribution is 8.00. The summed E-state index contributed by atoms with van der Waals surface area (Å²) < 4.78 is 33.9. The van der Waals surface area contributed by atoms with Crippen LogP contribution in [0.2, 0.25) is 0 Å². The van der Waals surface area contributed by atoms with Crippen molar-refractivity contribution >= 4 is 38.9 Å². The zero-order valence-electron chi connectivity index (χ0n) is 16.4. The molecule has 3 aromatic rings. The quantitative estimate of drug-likeness (QED) is 0.585. The van der Waals surface area contributed by atoms with Crippen LogP contribution in [0.5, 0.6) is 0 Å². The van der Waals surface area contributed by atoms with E-state index in [1.54, 1.807) is 25.3 Å². The molecule has 1 N–H and O–H groups in total. The third kappa shape index (κ3) is 4.36. The second kappa shape index (κ2) is 8.76. The normalized spacial score (nSPS) is 16.4. The Labute approximate surface area is 179 Å². The summed E-state index contributed by atoms with van der Waals surface area (Å²) in [6.45, 7) is 3.29. The maximum atomic E-state index is 12.7. The van der Waals surface area contributed by atoms with Crippen molar-refractivity contribution in [3.63, 3.8) is 0 Å². The van der Waals surface area contributed by atoms with Gasteiger partial charge in [0.2, 0.25) is 15.9 Å². The fourth-order valence-corrected chi connectivity index (χ4v) is 5.39. The summed E-state index contributed by atoms with van der Waals surface area (Å²) in [6, 6.07) is 12.0. The van der Waals surface area contributed by atoms with E-state index in [1.807, 2.05) is 28.8 Å². The zero-order chi connectivity index (χ0) is 21.1. The molecule has 1 aliphatic heterocycles. The summed E-state index contributed by atoms with van der Waals surface area (Å²) in [4.78, 5) is 17.2. The van der Waals surface area contributed by atoms with E-state index in [1.165, 1.54) is 28.2 Å². The largest absolute Gasteiger partial charge is 0.379 e. The van der Waals surface area contributed by atoms with Crippen molar-refractivity contribution in [2.75, 3.05) is 31.6 Å². The first-order valence-corrected chi connectivity index (χ1v) is 11.8. The van der Waals surface area contributed by atoms with Gasteiger partial charge in [-0.2, -0.15) is 4.31 Å². The number of nitrogens with zero attached hydrogens (tertiary/aromatic N) is 3. The Morgan fingerprint density at radius 3 is 2.63 bits per heavy atom. The minimum atomic E-state index is -3.55. The summed E-state index contributed by atoms with van der Waals surface area (Å²) in [6.07, 6.45) is 3.67. The van der Waals surface area contributed by atoms with Crippen LogP contribution in [0.25, 0.3) is 5.52 Å². The topological polar surface area (TPSA) is 93.0 Å². The molecule has 2 aromatic heterocycles. The number of benzene rings is 1. The van der Waals surface area contributed by atoms with Crippen LogP contribution in [-0.4, -0.2) is 59.6 Å². The van der Waals surface area contributed by atoms with E-state index in [9.17, 15) is 13.2 Å². The predicted octanol–water partition coefficient (Wildman–Crippen LogP) is 2.47. The standard InChI is InChI=1S/C20H22N4O4S2/c1-15(29-20-21-14-17-4-2-3-9-24(17)20)19(25)22-16-5-7-18(8-6-16)30(26,27)23-10-12-28-13-11-23/h2-9,14-15H,10-13H2,1H3,(H,22,25). The number of rotatable bonds is 6. The summed E-state index contributed by atoms with van der Waals surface area (Å²) >= 11 is 1.36. The Morgan fingerprint density at radius 1 is 1.17 bits per heavy atom. The Kier molecular flexibility index (Phi) is 6.09. The molecule has 0 spiro atoms. The predicted molar refractivity (Wildman–Crippen MR) is 115 cm³/mol. The van der Waals surface area contributed by atoms with Crippen molar-refractivity contribution in [2.24, 2.45) is 0 Å². The van der Waals surface area contributed by atoms with Crippen molar-refractivity contribution in [3.8, 4) is 0 Å². The van der Waals surface area contributed by atoms with E-state index in [0.29, 0.717) is 32.0 Å². The number of amides is 1. The Hall–Kier alpha value is -2.40. The van der Waals surface area contributed by atoms with Crippen LogP contribution < -0.4 is 5.32 Å². The molecular formula is C20H22N4O4S2. The van der Waals surface area contributed by atoms with Crippen LogP contribution in [0, 0.1) is 0 Å². The first-order valence-electron chi connectivity index (χ1n) is 9.53. The van der Waals surface area contributed by atoms with Crippen molar-refractivity contribution in [3.05, 3.63) is 54.9 Å². The van der Waals surface area contributed by atoms with E-state index >= 15 is 0 Å². The Balaban J connectivity index is 1.40. The number of aromatic nitrogens is 2. The number of fused-ring (bicyclic) bond motifs is 1. The number of morpholine rings is 1. The molecule has 1 amide bonds. The van der Waals surface area contributed by atoms with E-state index in [2.05, 4.69) is 10.3 Å². The average Bonchev–Trinajstić information content (AvgIpc) is 3.17. The maximum absolute atomic E-state index is 12.7. The van der Waals surface area contributed by atoms with Crippen molar-refractivity contribution < 1.29 is 17.9 Å². The van der Waals surface area contributed by atoms with Gasteiger partial charge in [0.25, 0.3) is 0 Å². The highest BCUT2D eigenvalue weighted by Gasteiger charge is 2.26. The highest BCUT2D eigenvalue weighted by Crippen LogP contribution is 2.25. The van der Waals surface area contributed by atoms with Gasteiger partial charge < -0.3 is 10.1 Å². The van der Waals surface area contributed by atoms with E-state index < -0.39 is 10.0 Å². The van der Waals surface area contributed by atoms with Gasteiger partial charge in [-0.15, -0.1) is 0 Å². The van der Waals surface area contributed by atoms with Gasteiger partial charge in [-0.1, -0.05) is 17.8 Å². The number of carbonyl (C=O) groups is 1. The molecule has 0 radical (unpaired) electrons. The van der Waals surface area contributed by atoms with Gasteiger partial charge in [-0.3, -0.25) is 9.20 Å². The van der Waals surface area contributed by atoms with Crippen LogP contribution >= 0.6 is 11.8 Å². The molecule has 1 aliphatic rings. The molecule has 0 aliphatic carbocycles. The zero-order valence-corrected chi connectivity index (χ0v) is 18.0. The van der Waals surface area contributed by atoms with Gasteiger partial charge in [-0.25, -0.2) is 13.4 Å². The Bertz CT molecular complexity index is 1140. The van der Waals surface area contributed by atoms with Crippen LogP contribution in [0.15, 0.2) is 64.9 Å². The molecule has 4 rings (SSSR count). The molecule has 1 unspecified atom stereocenters. The minimum Gasteiger partial charge on any atom is -0.379 e. The van der Waals surface area contributed by atoms with E-state index in [0.717, 1.165) is 10.7 Å². The summed E-state index contributed by atoms with van der Waals surface area (Å²) in [5, 5.41) is 3.19. The molecule has 1 saturated heterocycles. The SMILES string of the molecule is CC(Sc1ncc2ccccn12)C(=O)Nc1ccc(S(=O)(=O)N2CCOCC2)cc1. The van der Waals surface area contributed by atoms with Crippen molar-refractivity contribution in [2.45, 2.75) is 22.2 Å². The van der Waals surface area contributed by atoms with Gasteiger partial charge in [0.1, 0.15) is 0 Å². The third-order valence-corrected chi connectivity index (χ3v) is 7.78. The lowest BCUT2D eigenvalue weighted by Crippen LogP contribution is -2.40. The average molecular weight is 447 g/mol. The summed E-state index contributed by atoms with van der Waals surface area (Å²) in [7, 11) is -3.55. The fraction of sp³-hybridized carbons (Fsp3) is 0.300. The number of ether oxygens (including phenoxy) is 1. The van der Waals surface area contributed by atoms with Crippen molar-refractivity contribution in [1.82, 2.24) is 13.7 Å². The van der Waals surface area contributed by atoms with Gasteiger partial charge in [0.05, 0.1) is 35.1 Å². The first-order chi connectivity index (χ1) is 14.4. The number of nitrogens with one attached hydrogen (secondary N) is 1. The molecule has 8 nitrogen and oxygen atoms in total. The molecular weight excluding hydrogens is 424 g/mol. The lowest BCUT2D eigenvalue weighted by molar-refractivity contribution is -0.115. The lowest BCUT2D eigenvalue weighted by atomic mass is 10.3. The molecule has 1 aromatic carbocycles. The van der Waals surface area contributed by atoms with Gasteiger partial charge in [0, 0.05) is 25.0 Å². The fourth-order valence-electron chi connectivity index (χ4n) is 3.11. The number of thioether (sulfide) groups is 1. The van der Waals surface area contributed by atoms with Crippen molar-refractivity contribution in [1.29, 1.82) is 0 Å². The second-order valence-corrected chi connectivity index (χ2v) is 10.1. The molecule has 0 bridgehead atoms. The number of hydrogen-bond donors (Lipinski definition) is 1. The third-order valence-electron chi connectivity index (χ3n) is 4.79. The number of carbonyl (C=O) groups excluding carboxylic acids is 1. The summed E-state index contributed by atoms with van der Waals surface area (Å²) in [5.74, 6) is -0.184. The smallest absolute Gasteiger partial charge is 0.243 e. The van der Waals surface area contributed by atoms with Crippen LogP contribution in [0.1, 0.15) is 6.92 Å². The maximum Gasteiger partial charge on any atom is 0.243 e. The Morgan fingerprint density at radius 2 is 1.90 bits per heavy atom. The van der Waals surface area contributed by atoms with Gasteiger partial charge in [-0.05, 0) is 43.3 Å². The number of sulfonamides is 1. The lowest BCUT2D eigenvalue weighted by Gasteiger charge is -2.26. The van der Waals surface area contributed by atoms with Gasteiger partial charge in [0.15, 0.2) is 5.16 Å². The van der Waals surface area contributed by atoms with E-state index in [4.69, 9.17) is 4.74 Å².